The molecule has 1 saturated heterocycles. The molecule has 0 atom stereocenters. The average Bonchev–Trinajstić information content (AvgIpc) is 3.12. The summed E-state index contributed by atoms with van der Waals surface area (Å²) in [6, 6.07) is 8.58. The van der Waals surface area contributed by atoms with Crippen LogP contribution in [0.5, 0.6) is 0 Å². The van der Waals surface area contributed by atoms with Crippen LogP contribution in [0.4, 0.5) is 14.5 Å². The maximum Gasteiger partial charge on any atom is 0.258 e. The lowest BCUT2D eigenvalue weighted by Crippen LogP contribution is -2.28. The van der Waals surface area contributed by atoms with Crippen LogP contribution in [0.25, 0.3) is 0 Å². The monoisotopic (exact) mass is 366 g/mol. The van der Waals surface area contributed by atoms with Crippen LogP contribution in [0.3, 0.4) is 0 Å². The van der Waals surface area contributed by atoms with Gasteiger partial charge in [0.25, 0.3) is 5.91 Å². The van der Waals surface area contributed by atoms with Crippen molar-refractivity contribution in [1.82, 2.24) is 4.31 Å². The summed E-state index contributed by atoms with van der Waals surface area (Å²) in [7, 11) is -3.74. The Hall–Kier alpha value is -2.32. The van der Waals surface area contributed by atoms with Gasteiger partial charge in [0.1, 0.15) is 11.6 Å². The van der Waals surface area contributed by atoms with Gasteiger partial charge in [-0.1, -0.05) is 12.1 Å². The van der Waals surface area contributed by atoms with Gasteiger partial charge in [-0.05, 0) is 43.2 Å². The van der Waals surface area contributed by atoms with Gasteiger partial charge in [0.15, 0.2) is 0 Å². The first-order valence-corrected chi connectivity index (χ1v) is 9.19. The summed E-state index contributed by atoms with van der Waals surface area (Å²) in [5, 5.41) is 2.25. The third kappa shape index (κ3) is 3.54. The lowest BCUT2D eigenvalue weighted by atomic mass is 10.2. The normalized spacial score (nSPS) is 15.3. The summed E-state index contributed by atoms with van der Waals surface area (Å²) in [6.07, 6.45) is 1.55. The van der Waals surface area contributed by atoms with Crippen molar-refractivity contribution in [2.75, 3.05) is 18.4 Å². The Morgan fingerprint density at radius 1 is 1.00 bits per heavy atom. The van der Waals surface area contributed by atoms with Crippen LogP contribution in [0.1, 0.15) is 23.2 Å². The Kier molecular flexibility index (Phi) is 4.82. The van der Waals surface area contributed by atoms with E-state index in [1.54, 1.807) is 0 Å². The molecule has 0 bridgehead atoms. The van der Waals surface area contributed by atoms with Crippen molar-refractivity contribution >= 4 is 21.6 Å². The third-order valence-corrected chi connectivity index (χ3v) is 5.90. The van der Waals surface area contributed by atoms with E-state index < -0.39 is 27.6 Å². The molecule has 0 spiro atoms. The van der Waals surface area contributed by atoms with Crippen LogP contribution in [0, 0.1) is 11.6 Å². The molecule has 3 rings (SSSR count). The van der Waals surface area contributed by atoms with E-state index in [1.807, 2.05) is 0 Å². The lowest BCUT2D eigenvalue weighted by Gasteiger charge is -2.16. The van der Waals surface area contributed by atoms with Crippen molar-refractivity contribution in [2.45, 2.75) is 17.7 Å². The van der Waals surface area contributed by atoms with Gasteiger partial charge >= 0.3 is 0 Å². The summed E-state index contributed by atoms with van der Waals surface area (Å²) in [5.41, 5.74) is -0.440. The van der Waals surface area contributed by atoms with E-state index in [9.17, 15) is 22.0 Å². The van der Waals surface area contributed by atoms with E-state index in [0.717, 1.165) is 31.0 Å². The molecule has 1 heterocycles. The van der Waals surface area contributed by atoms with Crippen LogP contribution < -0.4 is 5.32 Å². The Bertz CT molecular complexity index is 910. The Balaban J connectivity index is 1.83. The number of carbonyl (C=O) groups is 1. The number of hydrogen-bond acceptors (Lipinski definition) is 3. The zero-order chi connectivity index (χ0) is 18.0. The number of rotatable bonds is 4. The summed E-state index contributed by atoms with van der Waals surface area (Å²) in [4.78, 5) is 11.9. The molecule has 0 unspecified atom stereocenters. The molecule has 1 fully saturated rings. The van der Waals surface area contributed by atoms with Crippen LogP contribution in [0.15, 0.2) is 47.4 Å². The molecule has 5 nitrogen and oxygen atoms in total. The van der Waals surface area contributed by atoms with Crippen molar-refractivity contribution < 1.29 is 22.0 Å². The topological polar surface area (TPSA) is 66.5 Å². The molecule has 0 saturated carbocycles. The van der Waals surface area contributed by atoms with Crippen molar-refractivity contribution in [3.63, 3.8) is 0 Å². The Morgan fingerprint density at radius 2 is 1.68 bits per heavy atom. The summed E-state index contributed by atoms with van der Waals surface area (Å²) >= 11 is 0. The van der Waals surface area contributed by atoms with Crippen molar-refractivity contribution in [2.24, 2.45) is 0 Å². The van der Waals surface area contributed by atoms with Gasteiger partial charge in [-0.3, -0.25) is 4.79 Å². The first-order chi connectivity index (χ1) is 11.9. The fourth-order valence-corrected chi connectivity index (χ4v) is 4.20. The Labute approximate surface area is 144 Å². The van der Waals surface area contributed by atoms with E-state index >= 15 is 0 Å². The van der Waals surface area contributed by atoms with Crippen LogP contribution in [-0.2, 0) is 10.0 Å². The largest absolute Gasteiger partial charge is 0.319 e. The number of hydrogen-bond donors (Lipinski definition) is 1. The molecule has 1 N–H and O–H groups in total. The van der Waals surface area contributed by atoms with Gasteiger partial charge in [0, 0.05) is 13.1 Å². The maximum absolute atomic E-state index is 14.3. The zero-order valence-corrected chi connectivity index (χ0v) is 14.0. The molecule has 0 radical (unpaired) electrons. The number of halogens is 2. The number of benzene rings is 2. The van der Waals surface area contributed by atoms with E-state index in [0.29, 0.717) is 13.1 Å². The highest BCUT2D eigenvalue weighted by atomic mass is 32.2. The second kappa shape index (κ2) is 6.89. The van der Waals surface area contributed by atoms with Crippen molar-refractivity contribution in [1.29, 1.82) is 0 Å². The zero-order valence-electron chi connectivity index (χ0n) is 13.2. The highest BCUT2D eigenvalue weighted by Gasteiger charge is 2.28. The van der Waals surface area contributed by atoms with E-state index in [1.165, 1.54) is 28.6 Å². The number of nitrogens with one attached hydrogen (secondary N) is 1. The predicted octanol–water partition coefficient (Wildman–Crippen LogP) is 3.00. The Morgan fingerprint density at radius 3 is 2.32 bits per heavy atom. The van der Waals surface area contributed by atoms with Gasteiger partial charge in [-0.15, -0.1) is 0 Å². The van der Waals surface area contributed by atoms with E-state index in [-0.39, 0.29) is 16.1 Å². The molecular weight excluding hydrogens is 350 g/mol. The van der Waals surface area contributed by atoms with Crippen LogP contribution in [-0.4, -0.2) is 31.7 Å². The molecule has 1 amide bonds. The molecule has 132 valence electrons. The summed E-state index contributed by atoms with van der Waals surface area (Å²) in [5.74, 6) is -2.44. The fourth-order valence-electron chi connectivity index (χ4n) is 2.67. The van der Waals surface area contributed by atoms with Gasteiger partial charge in [-0.2, -0.15) is 4.31 Å². The summed E-state index contributed by atoms with van der Waals surface area (Å²) < 4.78 is 54.0. The van der Waals surface area contributed by atoms with Crippen LogP contribution in [0.2, 0.25) is 0 Å². The van der Waals surface area contributed by atoms with Gasteiger partial charge in [-0.25, -0.2) is 17.2 Å². The summed E-state index contributed by atoms with van der Waals surface area (Å²) in [6.45, 7) is 0.825. The minimum atomic E-state index is -3.74. The van der Waals surface area contributed by atoms with Crippen LogP contribution >= 0.6 is 0 Å². The molecule has 1 aliphatic rings. The smallest absolute Gasteiger partial charge is 0.258 e. The van der Waals surface area contributed by atoms with Gasteiger partial charge in [0.05, 0.1) is 16.1 Å². The predicted molar refractivity (Wildman–Crippen MR) is 88.7 cm³/mol. The SMILES string of the molecule is O=C(Nc1ccc(S(=O)(=O)N2CCCC2)cc1F)c1ccccc1F. The van der Waals surface area contributed by atoms with E-state index in [4.69, 9.17) is 0 Å². The molecule has 8 heteroatoms. The highest BCUT2D eigenvalue weighted by Crippen LogP contribution is 2.25. The molecule has 2 aromatic carbocycles. The number of carbonyl (C=O) groups excluding carboxylic acids is 1. The second-order valence-electron chi connectivity index (χ2n) is 5.69. The number of amides is 1. The fraction of sp³-hybridized carbons (Fsp3) is 0.235. The van der Waals surface area contributed by atoms with E-state index in [2.05, 4.69) is 5.32 Å². The molecule has 25 heavy (non-hydrogen) atoms. The molecular formula is C17H16F2N2O3S. The molecule has 0 aromatic heterocycles. The molecule has 2 aromatic rings. The number of nitrogens with zero attached hydrogens (tertiary/aromatic N) is 1. The lowest BCUT2D eigenvalue weighted by molar-refractivity contribution is 0.102. The quantitative estimate of drug-likeness (QED) is 0.905. The minimum Gasteiger partial charge on any atom is -0.319 e. The first-order valence-electron chi connectivity index (χ1n) is 7.75. The first kappa shape index (κ1) is 17.5. The van der Waals surface area contributed by atoms with Crippen molar-refractivity contribution in [3.8, 4) is 0 Å². The molecule has 1 aliphatic heterocycles. The molecule has 0 aliphatic carbocycles. The second-order valence-corrected chi connectivity index (χ2v) is 7.62. The maximum atomic E-state index is 14.3. The minimum absolute atomic E-state index is 0.171. The average molecular weight is 366 g/mol. The third-order valence-electron chi connectivity index (χ3n) is 4.01. The highest BCUT2D eigenvalue weighted by molar-refractivity contribution is 7.89. The number of sulfonamides is 1. The van der Waals surface area contributed by atoms with Gasteiger partial charge in [0.2, 0.25) is 10.0 Å². The van der Waals surface area contributed by atoms with Crippen molar-refractivity contribution in [3.05, 3.63) is 59.7 Å². The van der Waals surface area contributed by atoms with Gasteiger partial charge < -0.3 is 5.32 Å². The number of anilines is 1. The standard InChI is InChI=1S/C17H16F2N2O3S/c18-14-6-2-1-5-13(14)17(22)20-16-8-7-12(11-15(16)19)25(23,24)21-9-3-4-10-21/h1-2,5-8,11H,3-4,9-10H2,(H,20,22).